The summed E-state index contributed by atoms with van der Waals surface area (Å²) in [5.74, 6) is 0.0262. The van der Waals surface area contributed by atoms with E-state index >= 15 is 0 Å². The van der Waals surface area contributed by atoms with Crippen LogP contribution in [0.5, 0.6) is 0 Å². The first-order valence-electron chi connectivity index (χ1n) is 8.50. The number of hydrogen-bond donors (Lipinski definition) is 2. The number of nitrogens with one attached hydrogen (secondary N) is 1. The van der Waals surface area contributed by atoms with E-state index in [1.165, 1.54) is 22.3 Å². The van der Waals surface area contributed by atoms with Crippen LogP contribution >= 0.6 is 0 Å². The quantitative estimate of drug-likeness (QED) is 0.899. The molecule has 0 spiro atoms. The predicted molar refractivity (Wildman–Crippen MR) is 93.4 cm³/mol. The van der Waals surface area contributed by atoms with Gasteiger partial charge in [-0.2, -0.15) is 0 Å². The molecular weight excluding hydrogens is 318 g/mol. The fraction of sp³-hybridized carbons (Fsp3) is 0.350. The molecule has 1 fully saturated rings. The Hall–Kier alpha value is -2.37. The second-order valence-corrected chi connectivity index (χ2v) is 6.78. The van der Waals surface area contributed by atoms with Crippen molar-refractivity contribution in [3.05, 3.63) is 59.7 Å². The van der Waals surface area contributed by atoms with Crippen molar-refractivity contribution in [2.45, 2.75) is 24.5 Å². The molecule has 2 aliphatic rings. The van der Waals surface area contributed by atoms with Crippen molar-refractivity contribution >= 4 is 6.09 Å². The topological polar surface area (TPSA) is 67.8 Å². The van der Waals surface area contributed by atoms with E-state index in [0.29, 0.717) is 13.2 Å². The molecule has 1 aliphatic carbocycles. The first-order chi connectivity index (χ1) is 12.1. The van der Waals surface area contributed by atoms with Crippen molar-refractivity contribution in [2.75, 3.05) is 19.8 Å². The molecule has 0 aromatic heterocycles. The van der Waals surface area contributed by atoms with Gasteiger partial charge in [0.1, 0.15) is 12.1 Å². The zero-order valence-electron chi connectivity index (χ0n) is 14.1. The lowest BCUT2D eigenvalue weighted by molar-refractivity contribution is -0.122. The highest BCUT2D eigenvalue weighted by molar-refractivity contribution is 5.79. The van der Waals surface area contributed by atoms with Gasteiger partial charge in [-0.3, -0.25) is 0 Å². The predicted octanol–water partition coefficient (Wildman–Crippen LogP) is 2.67. The average molecular weight is 339 g/mol. The molecule has 5 heteroatoms. The monoisotopic (exact) mass is 339 g/mol. The van der Waals surface area contributed by atoms with Gasteiger partial charge in [-0.15, -0.1) is 0 Å². The number of ether oxygens (including phenoxy) is 2. The van der Waals surface area contributed by atoms with Crippen LogP contribution in [0, 0.1) is 0 Å². The lowest BCUT2D eigenvalue weighted by Crippen LogP contribution is -2.68. The van der Waals surface area contributed by atoms with Gasteiger partial charge in [0, 0.05) is 5.92 Å². The molecule has 2 aromatic carbocycles. The van der Waals surface area contributed by atoms with E-state index in [2.05, 4.69) is 29.6 Å². The molecule has 1 unspecified atom stereocenters. The van der Waals surface area contributed by atoms with Crippen LogP contribution in [-0.2, 0) is 9.47 Å². The Balaban J connectivity index is 1.49. The molecule has 0 radical (unpaired) electrons. The molecule has 2 aromatic rings. The van der Waals surface area contributed by atoms with Gasteiger partial charge in [0.15, 0.2) is 0 Å². The zero-order valence-corrected chi connectivity index (χ0v) is 14.1. The van der Waals surface area contributed by atoms with Crippen molar-refractivity contribution in [3.63, 3.8) is 0 Å². The summed E-state index contributed by atoms with van der Waals surface area (Å²) in [5, 5.41) is 12.6. The Morgan fingerprint density at radius 1 is 1.20 bits per heavy atom. The van der Waals surface area contributed by atoms with Gasteiger partial charge >= 0.3 is 6.09 Å². The van der Waals surface area contributed by atoms with E-state index in [0.717, 1.165) is 0 Å². The maximum atomic E-state index is 12.2. The van der Waals surface area contributed by atoms with E-state index < -0.39 is 17.7 Å². The number of carbonyl (C=O) groups is 1. The summed E-state index contributed by atoms with van der Waals surface area (Å²) in [4.78, 5) is 12.2. The van der Waals surface area contributed by atoms with Crippen molar-refractivity contribution in [1.82, 2.24) is 5.32 Å². The molecule has 0 bridgehead atoms. The molecule has 130 valence electrons. The standard InChI is InChI=1S/C20H21NO4/c1-13(22)20(11-24-12-20)21-19(23)25-10-18-16-8-4-2-6-14(16)15-7-3-5-9-17(15)18/h2-9,13,18,22H,10-12H2,1H3,(H,21,23). The van der Waals surface area contributed by atoms with E-state index in [4.69, 9.17) is 9.47 Å². The van der Waals surface area contributed by atoms with Gasteiger partial charge in [-0.25, -0.2) is 4.79 Å². The summed E-state index contributed by atoms with van der Waals surface area (Å²) < 4.78 is 10.6. The molecular formula is C20H21NO4. The largest absolute Gasteiger partial charge is 0.449 e. The Morgan fingerprint density at radius 3 is 2.24 bits per heavy atom. The van der Waals surface area contributed by atoms with Crippen LogP contribution in [0.15, 0.2) is 48.5 Å². The molecule has 1 amide bonds. The van der Waals surface area contributed by atoms with Crippen molar-refractivity contribution in [1.29, 1.82) is 0 Å². The second kappa shape index (κ2) is 6.17. The van der Waals surface area contributed by atoms with Gasteiger partial charge in [0.05, 0.1) is 19.3 Å². The van der Waals surface area contributed by atoms with Gasteiger partial charge in [0.2, 0.25) is 0 Å². The lowest BCUT2D eigenvalue weighted by atomic mass is 9.91. The smallest absolute Gasteiger partial charge is 0.407 e. The normalized spacial score (nSPS) is 18.6. The van der Waals surface area contributed by atoms with E-state index in [1.54, 1.807) is 6.92 Å². The molecule has 1 atom stereocenters. The Morgan fingerprint density at radius 2 is 1.76 bits per heavy atom. The number of alkyl carbamates (subject to hydrolysis) is 1. The summed E-state index contributed by atoms with van der Waals surface area (Å²) in [5.41, 5.74) is 4.00. The number of benzene rings is 2. The van der Waals surface area contributed by atoms with Gasteiger partial charge < -0.3 is 19.9 Å². The van der Waals surface area contributed by atoms with E-state index in [1.807, 2.05) is 24.3 Å². The fourth-order valence-electron chi connectivity index (χ4n) is 3.58. The van der Waals surface area contributed by atoms with E-state index in [9.17, 15) is 9.90 Å². The van der Waals surface area contributed by atoms with Crippen LogP contribution in [0.3, 0.4) is 0 Å². The van der Waals surface area contributed by atoms with Crippen molar-refractivity contribution in [3.8, 4) is 11.1 Å². The van der Waals surface area contributed by atoms with Crippen LogP contribution < -0.4 is 5.32 Å². The van der Waals surface area contributed by atoms with Gasteiger partial charge in [-0.05, 0) is 29.2 Å². The van der Waals surface area contributed by atoms with E-state index in [-0.39, 0.29) is 12.5 Å². The van der Waals surface area contributed by atoms with Gasteiger partial charge in [-0.1, -0.05) is 48.5 Å². The number of fused-ring (bicyclic) bond motifs is 3. The number of aliphatic hydroxyl groups excluding tert-OH is 1. The minimum atomic E-state index is -0.734. The SMILES string of the molecule is CC(O)C1(NC(=O)OCC2c3ccccc3-c3ccccc32)COC1. The highest BCUT2D eigenvalue weighted by atomic mass is 16.6. The second-order valence-electron chi connectivity index (χ2n) is 6.78. The molecule has 0 saturated carbocycles. The van der Waals surface area contributed by atoms with Crippen LogP contribution in [0.1, 0.15) is 24.0 Å². The Labute approximate surface area is 146 Å². The van der Waals surface area contributed by atoms with Crippen molar-refractivity contribution in [2.24, 2.45) is 0 Å². The highest BCUT2D eigenvalue weighted by Crippen LogP contribution is 2.44. The third-order valence-electron chi connectivity index (χ3n) is 5.21. The number of hydrogen-bond acceptors (Lipinski definition) is 4. The number of rotatable bonds is 4. The minimum absolute atomic E-state index is 0.0262. The zero-order chi connectivity index (χ0) is 17.4. The maximum Gasteiger partial charge on any atom is 0.407 e. The van der Waals surface area contributed by atoms with Crippen LogP contribution in [-0.4, -0.2) is 42.7 Å². The maximum absolute atomic E-state index is 12.2. The summed E-state index contributed by atoms with van der Waals surface area (Å²) in [6, 6.07) is 16.4. The Bertz CT molecular complexity index is 752. The summed E-state index contributed by atoms with van der Waals surface area (Å²) in [7, 11) is 0. The lowest BCUT2D eigenvalue weighted by Gasteiger charge is -2.43. The van der Waals surface area contributed by atoms with Gasteiger partial charge in [0.25, 0.3) is 0 Å². The first-order valence-corrected chi connectivity index (χ1v) is 8.50. The Kier molecular flexibility index (Phi) is 3.98. The van der Waals surface area contributed by atoms with Crippen molar-refractivity contribution < 1.29 is 19.4 Å². The third-order valence-corrected chi connectivity index (χ3v) is 5.21. The molecule has 25 heavy (non-hydrogen) atoms. The number of aliphatic hydroxyl groups is 1. The fourth-order valence-corrected chi connectivity index (χ4v) is 3.58. The molecule has 1 heterocycles. The molecule has 5 nitrogen and oxygen atoms in total. The van der Waals surface area contributed by atoms with Crippen LogP contribution in [0.4, 0.5) is 4.79 Å². The summed E-state index contributed by atoms with van der Waals surface area (Å²) >= 11 is 0. The molecule has 4 rings (SSSR count). The summed E-state index contributed by atoms with van der Waals surface area (Å²) in [6.45, 7) is 2.51. The minimum Gasteiger partial charge on any atom is -0.449 e. The highest BCUT2D eigenvalue weighted by Gasteiger charge is 2.45. The molecule has 1 saturated heterocycles. The number of amides is 1. The molecule has 1 aliphatic heterocycles. The van der Waals surface area contributed by atoms with Crippen LogP contribution in [0.2, 0.25) is 0 Å². The first kappa shape index (κ1) is 16.1. The molecule has 2 N–H and O–H groups in total. The number of carbonyl (C=O) groups excluding carboxylic acids is 1. The third kappa shape index (κ3) is 2.69. The average Bonchev–Trinajstić information content (AvgIpc) is 2.90. The van der Waals surface area contributed by atoms with Crippen LogP contribution in [0.25, 0.3) is 11.1 Å². The summed E-state index contributed by atoms with van der Waals surface area (Å²) in [6.07, 6.45) is -1.22.